The summed E-state index contributed by atoms with van der Waals surface area (Å²) in [5.41, 5.74) is 6.66. The average molecular weight is 306 g/mol. The molecule has 0 aliphatic carbocycles. The molecule has 112 valence electrons. The molecule has 2 rings (SSSR count). The van der Waals surface area contributed by atoms with Crippen molar-refractivity contribution < 1.29 is 8.42 Å². The van der Waals surface area contributed by atoms with Crippen LogP contribution in [0.4, 0.5) is 11.6 Å². The molecule has 0 saturated heterocycles. The molecule has 2 aromatic rings. The molecule has 1 heterocycles. The van der Waals surface area contributed by atoms with Crippen molar-refractivity contribution in [3.05, 3.63) is 36.4 Å². The molecule has 0 spiro atoms. The van der Waals surface area contributed by atoms with Crippen LogP contribution in [0.2, 0.25) is 0 Å². The van der Waals surface area contributed by atoms with E-state index in [9.17, 15) is 8.42 Å². The molecule has 0 fully saturated rings. The number of nitrogens with one attached hydrogen (secondary N) is 1. The third-order valence-corrected chi connectivity index (χ3v) is 3.81. The first-order valence-electron chi connectivity index (χ1n) is 6.55. The van der Waals surface area contributed by atoms with Crippen LogP contribution >= 0.6 is 0 Å². The summed E-state index contributed by atoms with van der Waals surface area (Å²) < 4.78 is 22.1. The zero-order chi connectivity index (χ0) is 15.3. The minimum absolute atomic E-state index is 0.145. The first-order valence-corrected chi connectivity index (χ1v) is 8.62. The van der Waals surface area contributed by atoms with Crippen LogP contribution in [0.15, 0.2) is 36.4 Å². The lowest BCUT2D eigenvalue weighted by Crippen LogP contribution is -2.11. The summed E-state index contributed by atoms with van der Waals surface area (Å²) in [7, 11) is -2.94. The van der Waals surface area contributed by atoms with Crippen LogP contribution in [-0.2, 0) is 9.84 Å². The first kappa shape index (κ1) is 15.2. The summed E-state index contributed by atoms with van der Waals surface area (Å²) in [6.45, 7) is 0.512. The summed E-state index contributed by atoms with van der Waals surface area (Å²) >= 11 is 0. The van der Waals surface area contributed by atoms with Crippen LogP contribution in [0, 0.1) is 0 Å². The second-order valence-electron chi connectivity index (χ2n) is 4.78. The van der Waals surface area contributed by atoms with Crippen LogP contribution in [0.5, 0.6) is 0 Å². The lowest BCUT2D eigenvalue weighted by molar-refractivity contribution is 0.600. The number of anilines is 2. The highest BCUT2D eigenvalue weighted by Gasteiger charge is 2.06. The lowest BCUT2D eigenvalue weighted by Gasteiger charge is -2.08. The van der Waals surface area contributed by atoms with E-state index in [4.69, 9.17) is 5.73 Å². The predicted molar refractivity (Wildman–Crippen MR) is 84.7 cm³/mol. The van der Waals surface area contributed by atoms with Crippen molar-refractivity contribution >= 4 is 21.5 Å². The maximum atomic E-state index is 11.1. The van der Waals surface area contributed by atoms with Crippen molar-refractivity contribution in [2.75, 3.05) is 29.6 Å². The normalized spacial score (nSPS) is 11.3. The molecule has 1 aromatic heterocycles. The van der Waals surface area contributed by atoms with Crippen LogP contribution in [0.3, 0.4) is 0 Å². The van der Waals surface area contributed by atoms with Gasteiger partial charge in [0, 0.05) is 24.4 Å². The zero-order valence-electron chi connectivity index (χ0n) is 11.8. The van der Waals surface area contributed by atoms with E-state index in [0.29, 0.717) is 30.4 Å². The Morgan fingerprint density at radius 1 is 1.19 bits per heavy atom. The number of rotatable bonds is 6. The van der Waals surface area contributed by atoms with Gasteiger partial charge in [-0.2, -0.15) is 0 Å². The van der Waals surface area contributed by atoms with Gasteiger partial charge in [-0.3, -0.25) is 0 Å². The van der Waals surface area contributed by atoms with E-state index in [1.165, 1.54) is 6.26 Å². The van der Waals surface area contributed by atoms with E-state index in [1.54, 1.807) is 6.07 Å². The van der Waals surface area contributed by atoms with Gasteiger partial charge >= 0.3 is 0 Å². The summed E-state index contributed by atoms with van der Waals surface area (Å²) in [4.78, 5) is 8.59. The van der Waals surface area contributed by atoms with Gasteiger partial charge in [0.1, 0.15) is 21.5 Å². The number of benzene rings is 1. The topological polar surface area (TPSA) is 98.0 Å². The molecule has 0 aliphatic heterocycles. The molecule has 0 amide bonds. The summed E-state index contributed by atoms with van der Waals surface area (Å²) in [5, 5.41) is 3.07. The van der Waals surface area contributed by atoms with E-state index in [-0.39, 0.29) is 5.75 Å². The molecule has 0 radical (unpaired) electrons. The fourth-order valence-electron chi connectivity index (χ4n) is 1.82. The Balaban J connectivity index is 2.06. The van der Waals surface area contributed by atoms with Crippen LogP contribution in [0.25, 0.3) is 11.4 Å². The Morgan fingerprint density at radius 2 is 1.90 bits per heavy atom. The van der Waals surface area contributed by atoms with Crippen molar-refractivity contribution in [2.45, 2.75) is 6.42 Å². The van der Waals surface area contributed by atoms with Gasteiger partial charge in [-0.05, 0) is 6.42 Å². The Hall–Kier alpha value is -2.15. The van der Waals surface area contributed by atoms with Gasteiger partial charge in [0.05, 0.1) is 5.75 Å². The van der Waals surface area contributed by atoms with Gasteiger partial charge in [0.2, 0.25) is 0 Å². The fourth-order valence-corrected chi connectivity index (χ4v) is 2.49. The standard InChI is InChI=1S/C14H18N4O2S/c1-21(19,20)9-5-8-16-13-10-12(15)17-14(18-13)11-6-3-2-4-7-11/h2-4,6-7,10H,5,8-9H2,1H3,(H3,15,16,17,18). The Bertz CT molecular complexity index is 702. The van der Waals surface area contributed by atoms with Crippen LogP contribution in [0.1, 0.15) is 6.42 Å². The third kappa shape index (κ3) is 5.03. The summed E-state index contributed by atoms with van der Waals surface area (Å²) in [6, 6.07) is 11.2. The summed E-state index contributed by atoms with van der Waals surface area (Å²) in [5.74, 6) is 1.65. The van der Waals surface area contributed by atoms with Gasteiger partial charge in [0.15, 0.2) is 5.82 Å². The Morgan fingerprint density at radius 3 is 2.57 bits per heavy atom. The van der Waals surface area contributed by atoms with E-state index in [0.717, 1.165) is 5.56 Å². The molecular weight excluding hydrogens is 288 g/mol. The molecule has 0 unspecified atom stereocenters. The monoisotopic (exact) mass is 306 g/mol. The number of aromatic nitrogens is 2. The minimum Gasteiger partial charge on any atom is -0.384 e. The third-order valence-electron chi connectivity index (χ3n) is 2.78. The number of hydrogen-bond acceptors (Lipinski definition) is 6. The number of nitrogen functional groups attached to an aromatic ring is 1. The smallest absolute Gasteiger partial charge is 0.163 e. The lowest BCUT2D eigenvalue weighted by atomic mass is 10.2. The molecule has 0 atom stereocenters. The molecule has 3 N–H and O–H groups in total. The maximum Gasteiger partial charge on any atom is 0.163 e. The van der Waals surface area contributed by atoms with Gasteiger partial charge in [-0.15, -0.1) is 0 Å². The van der Waals surface area contributed by atoms with Gasteiger partial charge in [-0.25, -0.2) is 18.4 Å². The number of nitrogens with zero attached hydrogens (tertiary/aromatic N) is 2. The average Bonchev–Trinajstić information content (AvgIpc) is 2.43. The number of nitrogens with two attached hydrogens (primary N) is 1. The zero-order valence-corrected chi connectivity index (χ0v) is 12.6. The van der Waals surface area contributed by atoms with E-state index < -0.39 is 9.84 Å². The van der Waals surface area contributed by atoms with Crippen LogP contribution in [-0.4, -0.2) is 36.9 Å². The molecule has 0 aliphatic rings. The quantitative estimate of drug-likeness (QED) is 0.786. The van der Waals surface area contributed by atoms with Gasteiger partial charge in [0.25, 0.3) is 0 Å². The van der Waals surface area contributed by atoms with Crippen molar-refractivity contribution in [2.24, 2.45) is 0 Å². The second-order valence-corrected chi connectivity index (χ2v) is 7.04. The molecule has 0 saturated carbocycles. The van der Waals surface area contributed by atoms with E-state index in [1.807, 2.05) is 30.3 Å². The molecule has 7 heteroatoms. The first-order chi connectivity index (χ1) is 9.94. The molecule has 0 bridgehead atoms. The second kappa shape index (κ2) is 6.53. The highest BCUT2D eigenvalue weighted by atomic mass is 32.2. The Labute approximate surface area is 124 Å². The fraction of sp³-hybridized carbons (Fsp3) is 0.286. The number of hydrogen-bond donors (Lipinski definition) is 2. The predicted octanol–water partition coefficient (Wildman–Crippen LogP) is 1.57. The highest BCUT2D eigenvalue weighted by Crippen LogP contribution is 2.18. The van der Waals surface area contributed by atoms with Crippen molar-refractivity contribution in [3.63, 3.8) is 0 Å². The Kier molecular flexibility index (Phi) is 4.74. The maximum absolute atomic E-state index is 11.1. The minimum atomic E-state index is -2.94. The summed E-state index contributed by atoms with van der Waals surface area (Å²) in [6.07, 6.45) is 1.74. The largest absolute Gasteiger partial charge is 0.384 e. The molecule has 21 heavy (non-hydrogen) atoms. The van der Waals surface area contributed by atoms with Crippen molar-refractivity contribution in [1.29, 1.82) is 0 Å². The molecular formula is C14H18N4O2S. The highest BCUT2D eigenvalue weighted by molar-refractivity contribution is 7.90. The van der Waals surface area contributed by atoms with Gasteiger partial charge < -0.3 is 11.1 Å². The molecule has 6 nitrogen and oxygen atoms in total. The number of sulfone groups is 1. The SMILES string of the molecule is CS(=O)(=O)CCCNc1cc(N)nc(-c2ccccc2)n1. The van der Waals surface area contributed by atoms with E-state index >= 15 is 0 Å². The van der Waals surface area contributed by atoms with Crippen molar-refractivity contribution in [1.82, 2.24) is 9.97 Å². The van der Waals surface area contributed by atoms with Crippen molar-refractivity contribution in [3.8, 4) is 11.4 Å². The van der Waals surface area contributed by atoms with Crippen LogP contribution < -0.4 is 11.1 Å². The van der Waals surface area contributed by atoms with E-state index in [2.05, 4.69) is 15.3 Å². The van der Waals surface area contributed by atoms with Gasteiger partial charge in [-0.1, -0.05) is 30.3 Å². The molecule has 1 aromatic carbocycles.